The van der Waals surface area contributed by atoms with Crippen LogP contribution in [-0.4, -0.2) is 29.9 Å². The third-order valence-electron chi connectivity index (χ3n) is 4.52. The topological polar surface area (TPSA) is 32.3 Å². The van der Waals surface area contributed by atoms with Gasteiger partial charge in [0.2, 0.25) is 5.91 Å². The van der Waals surface area contributed by atoms with Gasteiger partial charge in [0.05, 0.1) is 21.8 Å². The lowest BCUT2D eigenvalue weighted by Gasteiger charge is -2.31. The normalized spacial score (nSPS) is 16.2. The van der Waals surface area contributed by atoms with Gasteiger partial charge in [-0.25, -0.2) is 0 Å². The van der Waals surface area contributed by atoms with Crippen molar-refractivity contribution in [2.45, 2.75) is 19.4 Å². The van der Waals surface area contributed by atoms with E-state index in [1.54, 1.807) is 18.2 Å². The van der Waals surface area contributed by atoms with Gasteiger partial charge in [0.1, 0.15) is 0 Å². The number of anilines is 1. The third-order valence-corrected chi connectivity index (χ3v) is 5.15. The number of nitrogens with one attached hydrogen (secondary N) is 1. The first kappa shape index (κ1) is 18.0. The van der Waals surface area contributed by atoms with E-state index in [-0.39, 0.29) is 11.9 Å². The van der Waals surface area contributed by atoms with Gasteiger partial charge in [0.15, 0.2) is 0 Å². The van der Waals surface area contributed by atoms with Crippen molar-refractivity contribution in [1.29, 1.82) is 0 Å². The zero-order valence-corrected chi connectivity index (χ0v) is 15.5. The van der Waals surface area contributed by atoms with Crippen molar-refractivity contribution in [2.75, 3.05) is 18.4 Å². The average molecular weight is 375 g/mol. The summed E-state index contributed by atoms with van der Waals surface area (Å²) < 4.78 is 0. The van der Waals surface area contributed by atoms with E-state index in [1.165, 1.54) is 11.1 Å². The average Bonchev–Trinajstić information content (AvgIpc) is 2.65. The van der Waals surface area contributed by atoms with E-state index in [0.29, 0.717) is 15.7 Å². The molecule has 0 aliphatic carbocycles. The molecule has 25 heavy (non-hydrogen) atoms. The van der Waals surface area contributed by atoms with Crippen LogP contribution in [0.25, 0.3) is 5.57 Å². The molecule has 0 unspecified atom stereocenters. The second-order valence-corrected chi connectivity index (χ2v) is 6.92. The summed E-state index contributed by atoms with van der Waals surface area (Å²) in [6, 6.07) is 15.3. The number of rotatable bonds is 4. The van der Waals surface area contributed by atoms with Gasteiger partial charge in [-0.05, 0) is 36.6 Å². The molecule has 0 bridgehead atoms. The molecule has 1 N–H and O–H groups in total. The summed E-state index contributed by atoms with van der Waals surface area (Å²) in [6.07, 6.45) is 3.12. The van der Waals surface area contributed by atoms with E-state index in [9.17, 15) is 4.79 Å². The number of amides is 1. The van der Waals surface area contributed by atoms with Gasteiger partial charge in [-0.15, -0.1) is 0 Å². The number of carbonyl (C=O) groups is 1. The first-order valence-corrected chi connectivity index (χ1v) is 9.05. The van der Waals surface area contributed by atoms with Crippen LogP contribution in [0.3, 0.4) is 0 Å². The predicted molar refractivity (Wildman–Crippen MR) is 105 cm³/mol. The summed E-state index contributed by atoms with van der Waals surface area (Å²) in [4.78, 5) is 14.7. The van der Waals surface area contributed by atoms with Gasteiger partial charge in [0.25, 0.3) is 0 Å². The van der Waals surface area contributed by atoms with E-state index in [0.717, 1.165) is 19.5 Å². The Hall–Kier alpha value is -1.81. The molecule has 130 valence electrons. The first-order chi connectivity index (χ1) is 12.1. The highest BCUT2D eigenvalue weighted by atomic mass is 35.5. The number of hydrogen-bond donors (Lipinski definition) is 1. The van der Waals surface area contributed by atoms with Crippen LogP contribution in [0.15, 0.2) is 54.6 Å². The van der Waals surface area contributed by atoms with Gasteiger partial charge in [0, 0.05) is 13.1 Å². The van der Waals surface area contributed by atoms with Crippen LogP contribution in [0.2, 0.25) is 10.0 Å². The molecule has 2 aromatic carbocycles. The Balaban J connectivity index is 1.65. The predicted octanol–water partition coefficient (Wildman–Crippen LogP) is 5.11. The van der Waals surface area contributed by atoms with E-state index < -0.39 is 0 Å². The summed E-state index contributed by atoms with van der Waals surface area (Å²) in [5.41, 5.74) is 3.06. The van der Waals surface area contributed by atoms with Crippen molar-refractivity contribution in [3.05, 3.63) is 70.2 Å². The molecule has 5 heteroatoms. The molecule has 3 rings (SSSR count). The zero-order chi connectivity index (χ0) is 17.8. The molecule has 3 nitrogen and oxygen atoms in total. The third kappa shape index (κ3) is 4.24. The number of halogens is 2. The smallest absolute Gasteiger partial charge is 0.241 e. The second kappa shape index (κ2) is 8.05. The highest BCUT2D eigenvalue weighted by molar-refractivity contribution is 6.39. The zero-order valence-electron chi connectivity index (χ0n) is 14.0. The van der Waals surface area contributed by atoms with Crippen molar-refractivity contribution in [3.63, 3.8) is 0 Å². The monoisotopic (exact) mass is 374 g/mol. The molecule has 0 saturated heterocycles. The molecule has 1 heterocycles. The second-order valence-electron chi connectivity index (χ2n) is 6.10. The summed E-state index contributed by atoms with van der Waals surface area (Å²) in [6.45, 7) is 3.49. The molecular formula is C20H20Cl2N2O. The Morgan fingerprint density at radius 1 is 1.08 bits per heavy atom. The first-order valence-electron chi connectivity index (χ1n) is 8.29. The largest absolute Gasteiger partial charge is 0.322 e. The lowest BCUT2D eigenvalue weighted by molar-refractivity contribution is -0.120. The maximum absolute atomic E-state index is 12.6. The number of carbonyl (C=O) groups excluding carboxylic acids is 1. The molecule has 2 aromatic rings. The standard InChI is InChI=1S/C20H20Cl2N2O/c1-14(20(25)23-19-17(21)8-5-9-18(19)22)24-12-10-16(11-13-24)15-6-3-2-4-7-15/h2-10,14H,11-13H2,1H3,(H,23,25)/t14-/m0/s1. The van der Waals surface area contributed by atoms with Gasteiger partial charge in [-0.3, -0.25) is 9.69 Å². The van der Waals surface area contributed by atoms with Crippen molar-refractivity contribution < 1.29 is 4.79 Å². The fraction of sp³-hybridized carbons (Fsp3) is 0.250. The van der Waals surface area contributed by atoms with Gasteiger partial charge in [-0.2, -0.15) is 0 Å². The SMILES string of the molecule is C[C@@H](C(=O)Nc1c(Cl)cccc1Cl)N1CC=C(c2ccccc2)CC1. The van der Waals surface area contributed by atoms with E-state index in [4.69, 9.17) is 23.2 Å². The lowest BCUT2D eigenvalue weighted by Crippen LogP contribution is -2.44. The van der Waals surface area contributed by atoms with E-state index in [2.05, 4.69) is 28.4 Å². The molecule has 0 aromatic heterocycles. The minimum absolute atomic E-state index is 0.105. The molecule has 1 aliphatic rings. The fourth-order valence-electron chi connectivity index (χ4n) is 2.96. The molecule has 1 aliphatic heterocycles. The van der Waals surface area contributed by atoms with Crippen LogP contribution in [-0.2, 0) is 4.79 Å². The van der Waals surface area contributed by atoms with Crippen LogP contribution < -0.4 is 5.32 Å². The Morgan fingerprint density at radius 3 is 2.36 bits per heavy atom. The van der Waals surface area contributed by atoms with Crippen LogP contribution in [0.1, 0.15) is 18.9 Å². The lowest BCUT2D eigenvalue weighted by atomic mass is 9.99. The molecular weight excluding hydrogens is 355 g/mol. The summed E-state index contributed by atoms with van der Waals surface area (Å²) >= 11 is 12.3. The summed E-state index contributed by atoms with van der Waals surface area (Å²) in [5.74, 6) is -0.105. The Morgan fingerprint density at radius 2 is 1.76 bits per heavy atom. The highest BCUT2D eigenvalue weighted by Crippen LogP contribution is 2.30. The summed E-state index contributed by atoms with van der Waals surface area (Å²) in [5, 5.41) is 3.74. The number of nitrogens with zero attached hydrogens (tertiary/aromatic N) is 1. The minimum atomic E-state index is -0.263. The Bertz CT molecular complexity index is 769. The molecule has 0 spiro atoms. The minimum Gasteiger partial charge on any atom is -0.322 e. The molecule has 0 radical (unpaired) electrons. The van der Waals surface area contributed by atoms with Crippen LogP contribution in [0.5, 0.6) is 0 Å². The molecule has 1 amide bonds. The molecule has 0 fully saturated rings. The highest BCUT2D eigenvalue weighted by Gasteiger charge is 2.24. The maximum Gasteiger partial charge on any atom is 0.241 e. The van der Waals surface area contributed by atoms with E-state index in [1.807, 2.05) is 25.1 Å². The quantitative estimate of drug-likeness (QED) is 0.806. The van der Waals surface area contributed by atoms with Crippen LogP contribution in [0.4, 0.5) is 5.69 Å². The maximum atomic E-state index is 12.6. The summed E-state index contributed by atoms with van der Waals surface area (Å²) in [7, 11) is 0. The van der Waals surface area contributed by atoms with E-state index >= 15 is 0 Å². The Kier molecular flexibility index (Phi) is 5.79. The van der Waals surface area contributed by atoms with Crippen molar-refractivity contribution in [1.82, 2.24) is 4.90 Å². The van der Waals surface area contributed by atoms with Gasteiger partial charge >= 0.3 is 0 Å². The van der Waals surface area contributed by atoms with Crippen LogP contribution in [0, 0.1) is 0 Å². The molecule has 1 atom stereocenters. The van der Waals surface area contributed by atoms with Crippen molar-refractivity contribution in [3.8, 4) is 0 Å². The van der Waals surface area contributed by atoms with Gasteiger partial charge < -0.3 is 5.32 Å². The van der Waals surface area contributed by atoms with Gasteiger partial charge in [-0.1, -0.05) is 65.7 Å². The van der Waals surface area contributed by atoms with Crippen LogP contribution >= 0.6 is 23.2 Å². The van der Waals surface area contributed by atoms with Crippen molar-refractivity contribution >= 4 is 40.4 Å². The number of para-hydroxylation sites is 1. The molecule has 0 saturated carbocycles. The van der Waals surface area contributed by atoms with Crippen molar-refractivity contribution in [2.24, 2.45) is 0 Å². The Labute approximate surface area is 158 Å². The fourth-order valence-corrected chi connectivity index (χ4v) is 3.45. The number of hydrogen-bond acceptors (Lipinski definition) is 2. The number of benzene rings is 2.